The van der Waals surface area contributed by atoms with Crippen LogP contribution in [0.4, 0.5) is 11.4 Å². The molecule has 0 atom stereocenters. The van der Waals surface area contributed by atoms with Crippen molar-refractivity contribution in [2.24, 2.45) is 0 Å². The Morgan fingerprint density at radius 3 is 2.32 bits per heavy atom. The molecule has 2 rings (SSSR count). The lowest BCUT2D eigenvalue weighted by molar-refractivity contribution is -0.394. The number of hydrogen-bond donors (Lipinski definition) is 1. The summed E-state index contributed by atoms with van der Waals surface area (Å²) >= 11 is 0. The number of amides is 1. The average Bonchev–Trinajstić information content (AvgIpc) is 2.61. The van der Waals surface area contributed by atoms with Gasteiger partial charge in [-0.05, 0) is 30.2 Å². The van der Waals surface area contributed by atoms with Gasteiger partial charge in [-0.25, -0.2) is 0 Å². The second-order valence-corrected chi connectivity index (χ2v) is 5.07. The van der Waals surface area contributed by atoms with Crippen molar-refractivity contribution in [2.75, 3.05) is 13.7 Å². The lowest BCUT2D eigenvalue weighted by Crippen LogP contribution is -2.26. The van der Waals surface area contributed by atoms with E-state index in [2.05, 4.69) is 5.32 Å². The summed E-state index contributed by atoms with van der Waals surface area (Å²) in [4.78, 5) is 32.3. The smallest absolute Gasteiger partial charge is 0.289 e. The zero-order valence-corrected chi connectivity index (χ0v) is 13.3. The van der Waals surface area contributed by atoms with Crippen LogP contribution >= 0.6 is 0 Å². The molecular weight excluding hydrogens is 330 g/mol. The average molecular weight is 345 g/mol. The summed E-state index contributed by atoms with van der Waals surface area (Å²) in [5.41, 5.74) is -0.303. The standard InChI is InChI=1S/C16H15N3O6/c1-25-13-5-2-11(3-6-13)8-9-17-16(20)14-7-4-12(18(21)22)10-15(14)19(23)24/h2-7,10H,8-9H2,1H3,(H,17,20). The van der Waals surface area contributed by atoms with Gasteiger partial charge < -0.3 is 10.1 Å². The fourth-order valence-electron chi connectivity index (χ4n) is 2.18. The van der Waals surface area contributed by atoms with E-state index >= 15 is 0 Å². The van der Waals surface area contributed by atoms with Crippen LogP contribution in [0.5, 0.6) is 5.75 Å². The number of hydrogen-bond acceptors (Lipinski definition) is 6. The topological polar surface area (TPSA) is 125 Å². The van der Waals surface area contributed by atoms with Gasteiger partial charge in [0.25, 0.3) is 17.3 Å². The molecule has 9 nitrogen and oxygen atoms in total. The highest BCUT2D eigenvalue weighted by Crippen LogP contribution is 2.24. The van der Waals surface area contributed by atoms with E-state index in [1.165, 1.54) is 0 Å². The molecule has 0 saturated carbocycles. The van der Waals surface area contributed by atoms with Crippen LogP contribution in [0.3, 0.4) is 0 Å². The molecule has 0 aromatic heterocycles. The molecule has 130 valence electrons. The van der Waals surface area contributed by atoms with E-state index in [-0.39, 0.29) is 12.1 Å². The van der Waals surface area contributed by atoms with Crippen LogP contribution in [0.15, 0.2) is 42.5 Å². The molecule has 0 saturated heterocycles. The third-order valence-electron chi connectivity index (χ3n) is 3.49. The van der Waals surface area contributed by atoms with Gasteiger partial charge in [-0.3, -0.25) is 25.0 Å². The van der Waals surface area contributed by atoms with E-state index < -0.39 is 27.1 Å². The summed E-state index contributed by atoms with van der Waals surface area (Å²) in [5, 5.41) is 24.3. The largest absolute Gasteiger partial charge is 0.497 e. The van der Waals surface area contributed by atoms with E-state index in [4.69, 9.17) is 4.74 Å². The number of methoxy groups -OCH3 is 1. The lowest BCUT2D eigenvalue weighted by atomic mass is 10.1. The number of benzene rings is 2. The normalized spacial score (nSPS) is 10.1. The zero-order valence-electron chi connectivity index (χ0n) is 13.3. The third-order valence-corrected chi connectivity index (χ3v) is 3.49. The van der Waals surface area contributed by atoms with Gasteiger partial charge in [0.1, 0.15) is 11.3 Å². The van der Waals surface area contributed by atoms with Crippen LogP contribution in [-0.2, 0) is 6.42 Å². The number of nitro groups is 2. The van der Waals surface area contributed by atoms with Crippen molar-refractivity contribution in [1.82, 2.24) is 5.32 Å². The van der Waals surface area contributed by atoms with Crippen LogP contribution in [0.1, 0.15) is 15.9 Å². The summed E-state index contributed by atoms with van der Waals surface area (Å²) < 4.78 is 5.05. The molecule has 0 bridgehead atoms. The van der Waals surface area contributed by atoms with E-state index in [0.29, 0.717) is 12.2 Å². The Labute approximate surface area is 142 Å². The highest BCUT2D eigenvalue weighted by Gasteiger charge is 2.23. The predicted molar refractivity (Wildman–Crippen MR) is 88.8 cm³/mol. The van der Waals surface area contributed by atoms with Crippen molar-refractivity contribution >= 4 is 17.3 Å². The Balaban J connectivity index is 2.04. The maximum Gasteiger partial charge on any atom is 0.289 e. The Hall–Kier alpha value is -3.49. The molecule has 0 fully saturated rings. The van der Waals surface area contributed by atoms with Crippen LogP contribution in [0, 0.1) is 20.2 Å². The Kier molecular flexibility index (Phi) is 5.62. The van der Waals surface area contributed by atoms with Gasteiger partial charge in [0.2, 0.25) is 0 Å². The number of carbonyl (C=O) groups excluding carboxylic acids is 1. The summed E-state index contributed by atoms with van der Waals surface area (Å²) in [5.74, 6) is 0.0596. The number of rotatable bonds is 7. The second kappa shape index (κ2) is 7.86. The molecule has 0 aliphatic heterocycles. The number of non-ortho nitro benzene ring substituents is 1. The van der Waals surface area contributed by atoms with E-state index in [1.807, 2.05) is 12.1 Å². The van der Waals surface area contributed by atoms with Gasteiger partial charge in [-0.1, -0.05) is 12.1 Å². The van der Waals surface area contributed by atoms with E-state index in [0.717, 1.165) is 23.8 Å². The van der Waals surface area contributed by atoms with Crippen LogP contribution in [-0.4, -0.2) is 29.4 Å². The number of nitrogens with zero attached hydrogens (tertiary/aromatic N) is 2. The highest BCUT2D eigenvalue weighted by molar-refractivity contribution is 5.98. The molecule has 0 heterocycles. The van der Waals surface area contributed by atoms with Crippen LogP contribution < -0.4 is 10.1 Å². The quantitative estimate of drug-likeness (QED) is 0.607. The molecule has 2 aromatic carbocycles. The highest BCUT2D eigenvalue weighted by atomic mass is 16.6. The van der Waals surface area contributed by atoms with Crippen molar-refractivity contribution in [3.63, 3.8) is 0 Å². The Bertz CT molecular complexity index is 804. The maximum atomic E-state index is 12.1. The van der Waals surface area contributed by atoms with Gasteiger partial charge in [-0.15, -0.1) is 0 Å². The maximum absolute atomic E-state index is 12.1. The fourth-order valence-corrected chi connectivity index (χ4v) is 2.18. The third kappa shape index (κ3) is 4.50. The van der Waals surface area contributed by atoms with Gasteiger partial charge in [-0.2, -0.15) is 0 Å². The summed E-state index contributed by atoms with van der Waals surface area (Å²) in [7, 11) is 1.56. The molecule has 1 N–H and O–H groups in total. The second-order valence-electron chi connectivity index (χ2n) is 5.07. The molecule has 0 aliphatic carbocycles. The number of ether oxygens (including phenoxy) is 1. The minimum atomic E-state index is -0.814. The minimum Gasteiger partial charge on any atom is -0.497 e. The van der Waals surface area contributed by atoms with E-state index in [1.54, 1.807) is 19.2 Å². The van der Waals surface area contributed by atoms with Gasteiger partial charge in [0.15, 0.2) is 0 Å². The van der Waals surface area contributed by atoms with Gasteiger partial charge in [0.05, 0.1) is 23.0 Å². The van der Waals surface area contributed by atoms with Gasteiger partial charge >= 0.3 is 0 Å². The minimum absolute atomic E-state index is 0.217. The molecule has 0 aliphatic rings. The van der Waals surface area contributed by atoms with Crippen molar-refractivity contribution in [3.05, 3.63) is 73.8 Å². The summed E-state index contributed by atoms with van der Waals surface area (Å²) in [6.07, 6.45) is 0.524. The molecule has 1 amide bonds. The lowest BCUT2D eigenvalue weighted by Gasteiger charge is -2.07. The van der Waals surface area contributed by atoms with E-state index in [9.17, 15) is 25.0 Å². The molecule has 9 heteroatoms. The summed E-state index contributed by atoms with van der Waals surface area (Å²) in [6, 6.07) is 10.2. The fraction of sp³-hybridized carbons (Fsp3) is 0.188. The number of carbonyl (C=O) groups is 1. The van der Waals surface area contributed by atoms with Crippen molar-refractivity contribution in [3.8, 4) is 5.75 Å². The van der Waals surface area contributed by atoms with Crippen LogP contribution in [0.2, 0.25) is 0 Å². The van der Waals surface area contributed by atoms with Crippen molar-refractivity contribution in [2.45, 2.75) is 6.42 Å². The van der Waals surface area contributed by atoms with Crippen molar-refractivity contribution < 1.29 is 19.4 Å². The monoisotopic (exact) mass is 345 g/mol. The Morgan fingerprint density at radius 1 is 1.08 bits per heavy atom. The molecular formula is C16H15N3O6. The zero-order chi connectivity index (χ0) is 18.4. The first-order chi connectivity index (χ1) is 11.9. The first-order valence-corrected chi connectivity index (χ1v) is 7.26. The molecule has 0 radical (unpaired) electrons. The molecule has 25 heavy (non-hydrogen) atoms. The number of nitrogens with one attached hydrogen (secondary N) is 1. The molecule has 2 aromatic rings. The summed E-state index contributed by atoms with van der Waals surface area (Å²) in [6.45, 7) is 0.263. The molecule has 0 spiro atoms. The number of nitro benzene ring substituents is 2. The Morgan fingerprint density at radius 2 is 1.76 bits per heavy atom. The first-order valence-electron chi connectivity index (χ1n) is 7.26. The van der Waals surface area contributed by atoms with Crippen molar-refractivity contribution in [1.29, 1.82) is 0 Å². The van der Waals surface area contributed by atoms with Crippen LogP contribution in [0.25, 0.3) is 0 Å². The predicted octanol–water partition coefficient (Wildman–Crippen LogP) is 2.48. The molecule has 0 unspecified atom stereocenters. The SMILES string of the molecule is COc1ccc(CCNC(=O)c2ccc([N+](=O)[O-])cc2[N+](=O)[O-])cc1. The first kappa shape index (κ1) is 17.9. The van der Waals surface area contributed by atoms with Gasteiger partial charge in [0, 0.05) is 12.6 Å².